The summed E-state index contributed by atoms with van der Waals surface area (Å²) in [5.74, 6) is 2.42. The first-order valence-corrected chi connectivity index (χ1v) is 3.61. The third-order valence-corrected chi connectivity index (χ3v) is 1.34. The van der Waals surface area contributed by atoms with E-state index in [1.165, 1.54) is 0 Å². The fraction of sp³-hybridized carbons (Fsp3) is 0.100. The number of hydrogen-bond donors (Lipinski definition) is 1. The van der Waals surface area contributed by atoms with E-state index in [-0.39, 0.29) is 5.91 Å². The van der Waals surface area contributed by atoms with Gasteiger partial charge in [0.1, 0.15) is 0 Å². The summed E-state index contributed by atoms with van der Waals surface area (Å²) in [7, 11) is 0. The second-order valence-electron chi connectivity index (χ2n) is 2.20. The summed E-state index contributed by atoms with van der Waals surface area (Å²) < 4.78 is 0. The number of amides is 1. The van der Waals surface area contributed by atoms with Gasteiger partial charge < -0.3 is 0 Å². The van der Waals surface area contributed by atoms with Crippen LogP contribution in [0.3, 0.4) is 0 Å². The van der Waals surface area contributed by atoms with Gasteiger partial charge in [-0.25, -0.2) is 0 Å². The molecule has 2 heteroatoms. The average Bonchev–Trinajstić information content (AvgIpc) is 2.15. The molecule has 0 aliphatic rings. The van der Waals surface area contributed by atoms with Crippen LogP contribution in [0.4, 0.5) is 0 Å². The van der Waals surface area contributed by atoms with Gasteiger partial charge in [-0.2, -0.15) is 0 Å². The molecule has 0 bridgehead atoms. The molecule has 60 valence electrons. The Morgan fingerprint density at radius 2 is 2.00 bits per heavy atom. The summed E-state index contributed by atoms with van der Waals surface area (Å²) in [6, 6.07) is 11.5. The molecule has 0 heterocycles. The molecule has 12 heavy (non-hydrogen) atoms. The third-order valence-electron chi connectivity index (χ3n) is 1.34. The van der Waals surface area contributed by atoms with Crippen molar-refractivity contribution in [1.82, 2.24) is 5.32 Å². The Kier molecular flexibility index (Phi) is 2.92. The van der Waals surface area contributed by atoms with Crippen molar-refractivity contribution in [1.29, 1.82) is 0 Å². The van der Waals surface area contributed by atoms with Crippen LogP contribution in [-0.2, 0) is 0 Å². The zero-order valence-electron chi connectivity index (χ0n) is 6.79. The summed E-state index contributed by atoms with van der Waals surface area (Å²) in [4.78, 5) is 11.2. The van der Waals surface area contributed by atoms with Crippen LogP contribution < -0.4 is 5.32 Å². The first kappa shape index (κ1) is 8.35. The van der Waals surface area contributed by atoms with Crippen LogP contribution in [0.25, 0.3) is 0 Å². The Labute approximate surface area is 71.6 Å². The Morgan fingerprint density at radius 3 is 2.58 bits per heavy atom. The highest BCUT2D eigenvalue weighted by Gasteiger charge is 1.99. The van der Waals surface area contributed by atoms with Crippen molar-refractivity contribution in [2.45, 2.75) is 6.92 Å². The molecular weight excluding hydrogens is 150 g/mol. The van der Waals surface area contributed by atoms with E-state index >= 15 is 0 Å². The van der Waals surface area contributed by atoms with Crippen LogP contribution >= 0.6 is 0 Å². The molecule has 1 aromatic carbocycles. The number of carbonyl (C=O) groups is 1. The van der Waals surface area contributed by atoms with Crippen molar-refractivity contribution in [2.75, 3.05) is 0 Å². The molecule has 1 N–H and O–H groups in total. The molecule has 0 unspecified atom stereocenters. The highest BCUT2D eigenvalue weighted by molar-refractivity contribution is 5.95. The fourth-order valence-electron chi connectivity index (χ4n) is 0.781. The zero-order valence-corrected chi connectivity index (χ0v) is 6.79. The molecule has 0 saturated heterocycles. The molecule has 0 aliphatic heterocycles. The molecule has 0 saturated carbocycles. The zero-order chi connectivity index (χ0) is 8.81. The molecule has 0 radical (unpaired) electrons. The highest BCUT2D eigenvalue weighted by Crippen LogP contribution is 1.96. The van der Waals surface area contributed by atoms with E-state index in [4.69, 9.17) is 0 Å². The summed E-state index contributed by atoms with van der Waals surface area (Å²) in [5, 5.41) is 2.45. The van der Waals surface area contributed by atoms with Gasteiger partial charge in [0.15, 0.2) is 0 Å². The van der Waals surface area contributed by atoms with Gasteiger partial charge in [-0.05, 0) is 19.1 Å². The number of hydrogen-bond acceptors (Lipinski definition) is 1. The largest absolute Gasteiger partial charge is 0.281 e. The predicted octanol–water partition coefficient (Wildman–Crippen LogP) is 1.40. The van der Waals surface area contributed by atoms with Crippen LogP contribution in [0, 0.1) is 12.0 Å². The van der Waals surface area contributed by atoms with Crippen LogP contribution in [0.5, 0.6) is 0 Å². The van der Waals surface area contributed by atoms with E-state index in [2.05, 4.69) is 17.3 Å². The first-order valence-electron chi connectivity index (χ1n) is 3.61. The van der Waals surface area contributed by atoms with Crippen LogP contribution in [-0.4, -0.2) is 5.91 Å². The Bertz CT molecular complexity index is 319. The average molecular weight is 159 g/mol. The van der Waals surface area contributed by atoms with Gasteiger partial charge in [0.05, 0.1) is 0 Å². The summed E-state index contributed by atoms with van der Waals surface area (Å²) in [6.45, 7) is 1.67. The molecule has 0 spiro atoms. The van der Waals surface area contributed by atoms with E-state index in [0.29, 0.717) is 5.56 Å². The second kappa shape index (κ2) is 4.20. The van der Waals surface area contributed by atoms with Gasteiger partial charge in [0.2, 0.25) is 0 Å². The Balaban J connectivity index is 2.70. The number of benzene rings is 1. The van der Waals surface area contributed by atoms with Crippen molar-refractivity contribution in [2.24, 2.45) is 0 Å². The van der Waals surface area contributed by atoms with E-state index < -0.39 is 0 Å². The smallest absolute Gasteiger partial charge is 0.262 e. The standard InChI is InChI=1S/C10H9NO/c1-2-8-11-10(12)9-6-4-3-5-7-9/h3-7H,1H3,(H,11,12). The molecule has 0 aromatic heterocycles. The lowest BCUT2D eigenvalue weighted by atomic mass is 10.2. The predicted molar refractivity (Wildman–Crippen MR) is 47.4 cm³/mol. The van der Waals surface area contributed by atoms with Crippen molar-refractivity contribution >= 4 is 5.91 Å². The SMILES string of the molecule is CC#CNC(=O)c1ccccc1. The molecule has 0 atom stereocenters. The molecule has 1 amide bonds. The van der Waals surface area contributed by atoms with E-state index in [1.54, 1.807) is 19.1 Å². The van der Waals surface area contributed by atoms with E-state index in [1.807, 2.05) is 18.2 Å². The van der Waals surface area contributed by atoms with E-state index in [9.17, 15) is 4.79 Å². The summed E-state index contributed by atoms with van der Waals surface area (Å²) in [6.07, 6.45) is 0. The van der Waals surface area contributed by atoms with Gasteiger partial charge in [-0.3, -0.25) is 10.1 Å². The number of rotatable bonds is 1. The maximum Gasteiger partial charge on any atom is 0.262 e. The number of nitrogens with one attached hydrogen (secondary N) is 1. The van der Waals surface area contributed by atoms with Gasteiger partial charge in [0.25, 0.3) is 5.91 Å². The minimum Gasteiger partial charge on any atom is -0.281 e. The van der Waals surface area contributed by atoms with Crippen molar-refractivity contribution in [3.8, 4) is 12.0 Å². The minimum absolute atomic E-state index is 0.162. The Hall–Kier alpha value is -1.75. The lowest BCUT2D eigenvalue weighted by Crippen LogP contribution is -2.17. The Morgan fingerprint density at radius 1 is 1.33 bits per heavy atom. The topological polar surface area (TPSA) is 29.1 Å². The summed E-state index contributed by atoms with van der Waals surface area (Å²) in [5.41, 5.74) is 0.625. The highest BCUT2D eigenvalue weighted by atomic mass is 16.1. The van der Waals surface area contributed by atoms with Crippen LogP contribution in [0.2, 0.25) is 0 Å². The van der Waals surface area contributed by atoms with Gasteiger partial charge in [-0.15, -0.1) is 0 Å². The maximum atomic E-state index is 11.2. The minimum atomic E-state index is -0.162. The quantitative estimate of drug-likeness (QED) is 0.487. The van der Waals surface area contributed by atoms with Crippen molar-refractivity contribution < 1.29 is 4.79 Å². The van der Waals surface area contributed by atoms with Crippen molar-refractivity contribution in [3.63, 3.8) is 0 Å². The molecule has 0 fully saturated rings. The van der Waals surface area contributed by atoms with Gasteiger partial charge in [-0.1, -0.05) is 24.1 Å². The fourth-order valence-corrected chi connectivity index (χ4v) is 0.781. The van der Waals surface area contributed by atoms with Gasteiger partial charge >= 0.3 is 0 Å². The van der Waals surface area contributed by atoms with E-state index in [0.717, 1.165) is 0 Å². The lowest BCUT2D eigenvalue weighted by Gasteiger charge is -1.95. The molecular formula is C10H9NO. The van der Waals surface area contributed by atoms with Gasteiger partial charge in [0, 0.05) is 11.6 Å². The molecule has 1 aromatic rings. The van der Waals surface area contributed by atoms with Crippen LogP contribution in [0.1, 0.15) is 17.3 Å². The second-order valence-corrected chi connectivity index (χ2v) is 2.20. The number of carbonyl (C=O) groups excluding carboxylic acids is 1. The first-order chi connectivity index (χ1) is 5.84. The van der Waals surface area contributed by atoms with Crippen molar-refractivity contribution in [3.05, 3.63) is 35.9 Å². The third kappa shape index (κ3) is 2.14. The monoisotopic (exact) mass is 159 g/mol. The summed E-state index contributed by atoms with van der Waals surface area (Å²) >= 11 is 0. The molecule has 0 aliphatic carbocycles. The maximum absolute atomic E-state index is 11.2. The normalized spacial score (nSPS) is 8.08. The lowest BCUT2D eigenvalue weighted by molar-refractivity contribution is 0.0973. The molecule has 1 rings (SSSR count). The molecule has 2 nitrogen and oxygen atoms in total. The van der Waals surface area contributed by atoms with Crippen LogP contribution in [0.15, 0.2) is 30.3 Å².